The molecule has 1 heterocycles. The van der Waals surface area contributed by atoms with Crippen LogP contribution in [0.1, 0.15) is 26.7 Å². The van der Waals surface area contributed by atoms with Crippen LogP contribution in [0, 0.1) is 5.92 Å². The molecular formula is C9H20N2O. The van der Waals surface area contributed by atoms with E-state index >= 15 is 0 Å². The van der Waals surface area contributed by atoms with E-state index in [1.165, 1.54) is 0 Å². The van der Waals surface area contributed by atoms with Gasteiger partial charge >= 0.3 is 0 Å². The van der Waals surface area contributed by atoms with Crippen molar-refractivity contribution in [2.24, 2.45) is 11.7 Å². The van der Waals surface area contributed by atoms with Crippen molar-refractivity contribution < 1.29 is 5.11 Å². The lowest BCUT2D eigenvalue weighted by molar-refractivity contribution is -0.0257. The van der Waals surface area contributed by atoms with Crippen LogP contribution in [-0.4, -0.2) is 29.8 Å². The molecule has 0 bridgehead atoms. The van der Waals surface area contributed by atoms with Crippen molar-refractivity contribution >= 4 is 0 Å². The Hall–Kier alpha value is -0.120. The van der Waals surface area contributed by atoms with E-state index in [2.05, 4.69) is 19.2 Å². The molecule has 0 radical (unpaired) electrons. The van der Waals surface area contributed by atoms with Crippen LogP contribution < -0.4 is 11.1 Å². The summed E-state index contributed by atoms with van der Waals surface area (Å²) in [4.78, 5) is 0. The van der Waals surface area contributed by atoms with E-state index in [0.717, 1.165) is 25.9 Å². The minimum absolute atomic E-state index is 0.0837. The Morgan fingerprint density at radius 2 is 1.83 bits per heavy atom. The SMILES string of the molecule is CC(C)C(N)C1(O)CCNCC1. The topological polar surface area (TPSA) is 58.3 Å². The Bertz CT molecular complexity index is 141. The molecule has 0 amide bonds. The number of piperidine rings is 1. The van der Waals surface area contributed by atoms with Crippen molar-refractivity contribution in [2.75, 3.05) is 13.1 Å². The molecule has 4 N–H and O–H groups in total. The molecule has 1 unspecified atom stereocenters. The van der Waals surface area contributed by atoms with Crippen LogP contribution in [0.4, 0.5) is 0 Å². The largest absolute Gasteiger partial charge is 0.388 e. The molecule has 1 aliphatic rings. The Morgan fingerprint density at radius 3 is 2.25 bits per heavy atom. The summed E-state index contributed by atoms with van der Waals surface area (Å²) in [6.45, 7) is 5.89. The number of rotatable bonds is 2. The first-order valence-electron chi connectivity index (χ1n) is 4.75. The van der Waals surface area contributed by atoms with E-state index in [4.69, 9.17) is 5.73 Å². The van der Waals surface area contributed by atoms with Gasteiger partial charge in [-0.2, -0.15) is 0 Å². The second kappa shape index (κ2) is 3.73. The molecule has 0 aromatic carbocycles. The van der Waals surface area contributed by atoms with Gasteiger partial charge in [-0.25, -0.2) is 0 Å². The van der Waals surface area contributed by atoms with Gasteiger partial charge in [-0.1, -0.05) is 13.8 Å². The molecule has 0 spiro atoms. The third-order valence-corrected chi connectivity index (χ3v) is 2.81. The maximum absolute atomic E-state index is 10.1. The molecule has 0 saturated carbocycles. The Balaban J connectivity index is 2.56. The second-order valence-electron chi connectivity index (χ2n) is 4.12. The van der Waals surface area contributed by atoms with Crippen molar-refractivity contribution in [1.82, 2.24) is 5.32 Å². The molecule has 3 nitrogen and oxygen atoms in total. The molecule has 3 heteroatoms. The lowest BCUT2D eigenvalue weighted by Gasteiger charge is -2.39. The van der Waals surface area contributed by atoms with Crippen LogP contribution in [-0.2, 0) is 0 Å². The standard InChI is InChI=1S/C9H20N2O/c1-7(2)8(10)9(12)3-5-11-6-4-9/h7-8,11-12H,3-6,10H2,1-2H3. The second-order valence-corrected chi connectivity index (χ2v) is 4.12. The summed E-state index contributed by atoms with van der Waals surface area (Å²) in [6.07, 6.45) is 1.57. The normalized spacial score (nSPS) is 25.8. The van der Waals surface area contributed by atoms with Crippen molar-refractivity contribution in [3.63, 3.8) is 0 Å². The zero-order valence-electron chi connectivity index (χ0n) is 8.01. The summed E-state index contributed by atoms with van der Waals surface area (Å²) in [7, 11) is 0. The fourth-order valence-electron chi connectivity index (χ4n) is 1.81. The van der Waals surface area contributed by atoms with Crippen LogP contribution in [0.25, 0.3) is 0 Å². The highest BCUT2D eigenvalue weighted by atomic mass is 16.3. The van der Waals surface area contributed by atoms with Crippen LogP contribution >= 0.6 is 0 Å². The molecule has 12 heavy (non-hydrogen) atoms. The number of hydrogen-bond donors (Lipinski definition) is 3. The highest BCUT2D eigenvalue weighted by Gasteiger charge is 2.36. The summed E-state index contributed by atoms with van der Waals surface area (Å²) < 4.78 is 0. The first kappa shape index (κ1) is 9.96. The summed E-state index contributed by atoms with van der Waals surface area (Å²) in [5.41, 5.74) is 5.32. The van der Waals surface area contributed by atoms with Gasteiger partial charge in [-0.05, 0) is 31.8 Å². The molecule has 1 rings (SSSR count). The van der Waals surface area contributed by atoms with Crippen molar-refractivity contribution in [1.29, 1.82) is 0 Å². The number of aliphatic hydroxyl groups is 1. The lowest BCUT2D eigenvalue weighted by Crippen LogP contribution is -2.56. The predicted molar refractivity (Wildman–Crippen MR) is 49.9 cm³/mol. The van der Waals surface area contributed by atoms with E-state index in [1.54, 1.807) is 0 Å². The fourth-order valence-corrected chi connectivity index (χ4v) is 1.81. The van der Waals surface area contributed by atoms with Crippen molar-refractivity contribution in [3.05, 3.63) is 0 Å². The van der Waals surface area contributed by atoms with Gasteiger partial charge in [0.1, 0.15) is 0 Å². The number of nitrogens with one attached hydrogen (secondary N) is 1. The Kier molecular flexibility index (Phi) is 3.09. The fraction of sp³-hybridized carbons (Fsp3) is 1.00. The van der Waals surface area contributed by atoms with E-state index in [1.807, 2.05) is 0 Å². The highest BCUT2D eigenvalue weighted by Crippen LogP contribution is 2.24. The van der Waals surface area contributed by atoms with Crippen LogP contribution in [0.5, 0.6) is 0 Å². The minimum Gasteiger partial charge on any atom is -0.388 e. The Morgan fingerprint density at radius 1 is 1.33 bits per heavy atom. The highest BCUT2D eigenvalue weighted by molar-refractivity contribution is 4.94. The Labute approximate surface area is 74.3 Å². The molecule has 1 fully saturated rings. The van der Waals surface area contributed by atoms with Crippen LogP contribution in [0.2, 0.25) is 0 Å². The molecule has 0 aromatic heterocycles. The predicted octanol–water partition coefficient (Wildman–Crippen LogP) is 0.0842. The quantitative estimate of drug-likeness (QED) is 0.553. The van der Waals surface area contributed by atoms with E-state index in [-0.39, 0.29) is 6.04 Å². The van der Waals surface area contributed by atoms with E-state index < -0.39 is 5.60 Å². The smallest absolute Gasteiger partial charge is 0.0824 e. The number of hydrogen-bond acceptors (Lipinski definition) is 3. The molecular weight excluding hydrogens is 152 g/mol. The zero-order valence-corrected chi connectivity index (χ0v) is 8.01. The first-order valence-corrected chi connectivity index (χ1v) is 4.75. The maximum atomic E-state index is 10.1. The summed E-state index contributed by atoms with van der Waals surface area (Å²) in [5, 5.41) is 13.4. The third-order valence-electron chi connectivity index (χ3n) is 2.81. The van der Waals surface area contributed by atoms with E-state index in [9.17, 15) is 5.11 Å². The van der Waals surface area contributed by atoms with Crippen molar-refractivity contribution in [2.45, 2.75) is 38.3 Å². The average molecular weight is 172 g/mol. The summed E-state index contributed by atoms with van der Waals surface area (Å²) in [5.74, 6) is 0.355. The van der Waals surface area contributed by atoms with Gasteiger partial charge in [0.15, 0.2) is 0 Å². The van der Waals surface area contributed by atoms with Crippen LogP contribution in [0.15, 0.2) is 0 Å². The third kappa shape index (κ3) is 1.97. The summed E-state index contributed by atoms with van der Waals surface area (Å²) >= 11 is 0. The molecule has 72 valence electrons. The molecule has 1 aliphatic heterocycles. The molecule has 0 aliphatic carbocycles. The average Bonchev–Trinajstić information content (AvgIpc) is 2.04. The van der Waals surface area contributed by atoms with Gasteiger partial charge < -0.3 is 16.2 Å². The molecule has 1 saturated heterocycles. The van der Waals surface area contributed by atoms with Gasteiger partial charge in [0.2, 0.25) is 0 Å². The maximum Gasteiger partial charge on any atom is 0.0824 e. The minimum atomic E-state index is -0.626. The lowest BCUT2D eigenvalue weighted by atomic mass is 9.80. The van der Waals surface area contributed by atoms with Crippen LogP contribution in [0.3, 0.4) is 0 Å². The first-order chi connectivity index (χ1) is 5.56. The number of nitrogens with two attached hydrogens (primary N) is 1. The van der Waals surface area contributed by atoms with Gasteiger partial charge in [0.25, 0.3) is 0 Å². The van der Waals surface area contributed by atoms with Gasteiger partial charge in [0, 0.05) is 6.04 Å². The van der Waals surface area contributed by atoms with E-state index in [0.29, 0.717) is 5.92 Å². The monoisotopic (exact) mass is 172 g/mol. The van der Waals surface area contributed by atoms with Gasteiger partial charge in [-0.3, -0.25) is 0 Å². The van der Waals surface area contributed by atoms with Crippen molar-refractivity contribution in [3.8, 4) is 0 Å². The summed E-state index contributed by atoms with van der Waals surface area (Å²) in [6, 6.07) is -0.0837. The molecule has 0 aromatic rings. The molecule has 1 atom stereocenters. The van der Waals surface area contributed by atoms with Gasteiger partial charge in [0.05, 0.1) is 5.60 Å². The van der Waals surface area contributed by atoms with Gasteiger partial charge in [-0.15, -0.1) is 0 Å². The zero-order chi connectivity index (χ0) is 9.19.